The summed E-state index contributed by atoms with van der Waals surface area (Å²) >= 11 is 0. The van der Waals surface area contributed by atoms with Gasteiger partial charge < -0.3 is 5.32 Å². The van der Waals surface area contributed by atoms with Crippen LogP contribution in [-0.4, -0.2) is 11.7 Å². The number of hydrogen-bond acceptors (Lipinski definition) is 3. The second-order valence-electron chi connectivity index (χ2n) is 6.79. The molecule has 0 aliphatic heterocycles. The van der Waals surface area contributed by atoms with Gasteiger partial charge in [-0.25, -0.2) is 0 Å². The number of fused-ring (bicyclic) bond motifs is 2. The van der Waals surface area contributed by atoms with Gasteiger partial charge in [0.05, 0.1) is 6.07 Å². The molecule has 2 fully saturated rings. The van der Waals surface area contributed by atoms with Gasteiger partial charge in [-0.05, 0) is 55.2 Å². The number of hydrogen-bond donors (Lipinski definition) is 1. The number of carbonyl (C=O) groups excluding carboxylic acids is 2. The molecule has 1 N–H and O–H groups in total. The lowest BCUT2D eigenvalue weighted by Crippen LogP contribution is -2.35. The van der Waals surface area contributed by atoms with Gasteiger partial charge >= 0.3 is 0 Å². The molecule has 1 amide bonds. The highest BCUT2D eigenvalue weighted by molar-refractivity contribution is 6.10. The predicted molar refractivity (Wildman–Crippen MR) is 87.5 cm³/mol. The molecule has 0 spiro atoms. The monoisotopic (exact) mass is 310 g/mol. The zero-order valence-electron chi connectivity index (χ0n) is 13.4. The molecule has 0 saturated heterocycles. The smallest absolute Gasteiger partial charge is 0.249 e. The number of ketones is 1. The van der Waals surface area contributed by atoms with Crippen molar-refractivity contribution in [1.29, 1.82) is 5.26 Å². The number of benzene rings is 1. The van der Waals surface area contributed by atoms with Crippen LogP contribution in [-0.2, 0) is 16.0 Å². The van der Waals surface area contributed by atoms with Crippen molar-refractivity contribution in [1.82, 2.24) is 0 Å². The van der Waals surface area contributed by atoms with Gasteiger partial charge in [-0.1, -0.05) is 25.5 Å². The van der Waals surface area contributed by atoms with Crippen molar-refractivity contribution < 1.29 is 9.59 Å². The lowest BCUT2D eigenvalue weighted by Gasteiger charge is -2.22. The molecule has 1 aromatic rings. The highest BCUT2D eigenvalue weighted by atomic mass is 16.2. The summed E-state index contributed by atoms with van der Waals surface area (Å²) in [5.74, 6) is -0.943. The van der Waals surface area contributed by atoms with Crippen molar-refractivity contribution >= 4 is 17.4 Å². The van der Waals surface area contributed by atoms with E-state index in [-0.39, 0.29) is 11.7 Å². The van der Waals surface area contributed by atoms with Crippen molar-refractivity contribution in [2.45, 2.75) is 39.0 Å². The minimum absolute atomic E-state index is 0.0911. The normalized spacial score (nSPS) is 26.5. The minimum Gasteiger partial charge on any atom is -0.325 e. The summed E-state index contributed by atoms with van der Waals surface area (Å²) in [6, 6.07) is 9.42. The molecule has 3 rings (SSSR count). The first kappa shape index (κ1) is 15.7. The van der Waals surface area contributed by atoms with E-state index in [9.17, 15) is 14.9 Å². The quantitative estimate of drug-likeness (QED) is 0.848. The number of rotatable bonds is 5. The summed E-state index contributed by atoms with van der Waals surface area (Å²) in [5, 5.41) is 12.0. The van der Waals surface area contributed by atoms with Crippen LogP contribution in [0.1, 0.15) is 38.2 Å². The lowest BCUT2D eigenvalue weighted by atomic mass is 9.81. The summed E-state index contributed by atoms with van der Waals surface area (Å²) in [6.07, 6.45) is 5.15. The van der Waals surface area contributed by atoms with Gasteiger partial charge in [0, 0.05) is 11.6 Å². The average Bonchev–Trinajstić information content (AvgIpc) is 3.19. The van der Waals surface area contributed by atoms with Crippen LogP contribution in [0.25, 0.3) is 0 Å². The number of nitrogens with zero attached hydrogens (tertiary/aromatic N) is 1. The van der Waals surface area contributed by atoms with Gasteiger partial charge in [-0.3, -0.25) is 9.59 Å². The standard InChI is InChI=1S/C19H22N2O2/c1-2-12-4-7-15(8-5-12)21-19(23)17(11-20)18(22)16-10-13-3-6-14(16)9-13/h4-5,7-8,13-14,16-17H,2-3,6,9-10H2,1H3,(H,21,23). The van der Waals surface area contributed by atoms with Gasteiger partial charge in [0.25, 0.3) is 0 Å². The highest BCUT2D eigenvalue weighted by Gasteiger charge is 2.46. The van der Waals surface area contributed by atoms with Gasteiger partial charge in [0.1, 0.15) is 0 Å². The predicted octanol–water partition coefficient (Wildman–Crippen LogP) is 3.33. The topological polar surface area (TPSA) is 70.0 Å². The number of anilines is 1. The van der Waals surface area contributed by atoms with E-state index in [0.29, 0.717) is 17.5 Å². The van der Waals surface area contributed by atoms with E-state index >= 15 is 0 Å². The fraction of sp³-hybridized carbons (Fsp3) is 0.526. The van der Waals surface area contributed by atoms with E-state index in [1.54, 1.807) is 0 Å². The Morgan fingerprint density at radius 1 is 1.26 bits per heavy atom. The first-order valence-electron chi connectivity index (χ1n) is 8.45. The van der Waals surface area contributed by atoms with Gasteiger partial charge in [0.15, 0.2) is 11.7 Å². The Hall–Kier alpha value is -2.15. The molecular formula is C19H22N2O2. The molecule has 4 atom stereocenters. The number of Topliss-reactive ketones (excluding diaryl/α,β-unsaturated/α-hetero) is 1. The molecule has 0 aromatic heterocycles. The zero-order valence-corrected chi connectivity index (χ0v) is 13.4. The molecule has 2 aliphatic carbocycles. The van der Waals surface area contributed by atoms with Crippen LogP contribution < -0.4 is 5.32 Å². The summed E-state index contributed by atoms with van der Waals surface area (Å²) in [4.78, 5) is 25.0. The van der Waals surface area contributed by atoms with Crippen molar-refractivity contribution in [2.24, 2.45) is 23.7 Å². The van der Waals surface area contributed by atoms with E-state index in [4.69, 9.17) is 0 Å². The molecule has 2 saturated carbocycles. The van der Waals surface area contributed by atoms with Crippen LogP contribution >= 0.6 is 0 Å². The third kappa shape index (κ3) is 3.14. The van der Waals surface area contributed by atoms with E-state index in [1.165, 1.54) is 12.0 Å². The zero-order chi connectivity index (χ0) is 16.4. The van der Waals surface area contributed by atoms with Crippen molar-refractivity contribution in [3.63, 3.8) is 0 Å². The van der Waals surface area contributed by atoms with Crippen molar-refractivity contribution in [3.8, 4) is 6.07 Å². The van der Waals surface area contributed by atoms with Crippen LogP contribution in [0.15, 0.2) is 24.3 Å². The van der Waals surface area contributed by atoms with Crippen molar-refractivity contribution in [3.05, 3.63) is 29.8 Å². The Bertz CT molecular complexity index is 644. The number of nitriles is 1. The van der Waals surface area contributed by atoms with E-state index in [1.807, 2.05) is 30.3 Å². The Balaban J connectivity index is 1.66. The molecule has 4 nitrogen and oxygen atoms in total. The summed E-state index contributed by atoms with van der Waals surface area (Å²) < 4.78 is 0. The third-order valence-electron chi connectivity index (χ3n) is 5.41. The van der Waals surface area contributed by atoms with Crippen LogP contribution in [0.5, 0.6) is 0 Å². The maximum Gasteiger partial charge on any atom is 0.249 e. The molecule has 2 bridgehead atoms. The Labute approximate surface area is 136 Å². The summed E-state index contributed by atoms with van der Waals surface area (Å²) in [7, 11) is 0. The molecule has 4 heteroatoms. The largest absolute Gasteiger partial charge is 0.325 e. The SMILES string of the molecule is CCc1ccc(NC(=O)C(C#N)C(=O)C2CC3CCC2C3)cc1. The first-order valence-corrected chi connectivity index (χ1v) is 8.45. The Morgan fingerprint density at radius 2 is 2.00 bits per heavy atom. The minimum atomic E-state index is -1.19. The number of amides is 1. The van der Waals surface area contributed by atoms with Crippen LogP contribution in [0.4, 0.5) is 5.69 Å². The van der Waals surface area contributed by atoms with Crippen molar-refractivity contribution in [2.75, 3.05) is 5.32 Å². The van der Waals surface area contributed by atoms with Gasteiger partial charge in [-0.2, -0.15) is 5.26 Å². The van der Waals surface area contributed by atoms with E-state index in [2.05, 4.69) is 12.2 Å². The van der Waals surface area contributed by atoms with E-state index < -0.39 is 11.8 Å². The molecule has 2 aliphatic rings. The van der Waals surface area contributed by atoms with Crippen LogP contribution in [0, 0.1) is 35.0 Å². The molecule has 23 heavy (non-hydrogen) atoms. The molecular weight excluding hydrogens is 288 g/mol. The lowest BCUT2D eigenvalue weighted by molar-refractivity contribution is -0.132. The van der Waals surface area contributed by atoms with Gasteiger partial charge in [0.2, 0.25) is 5.91 Å². The third-order valence-corrected chi connectivity index (χ3v) is 5.41. The summed E-state index contributed by atoms with van der Waals surface area (Å²) in [6.45, 7) is 2.06. The second kappa shape index (κ2) is 6.54. The maximum absolute atomic E-state index is 12.6. The molecule has 120 valence electrons. The highest BCUT2D eigenvalue weighted by Crippen LogP contribution is 2.49. The molecule has 4 unspecified atom stereocenters. The van der Waals surface area contributed by atoms with Gasteiger partial charge in [-0.15, -0.1) is 0 Å². The molecule has 0 heterocycles. The second-order valence-corrected chi connectivity index (χ2v) is 6.79. The number of carbonyl (C=O) groups is 2. The maximum atomic E-state index is 12.6. The number of nitrogens with one attached hydrogen (secondary N) is 1. The number of aryl methyl sites for hydroxylation is 1. The van der Waals surface area contributed by atoms with Crippen LogP contribution in [0.3, 0.4) is 0 Å². The summed E-state index contributed by atoms with van der Waals surface area (Å²) in [5.41, 5.74) is 1.81. The molecule has 1 aromatic carbocycles. The molecule has 0 radical (unpaired) electrons. The average molecular weight is 310 g/mol. The Morgan fingerprint density at radius 3 is 2.52 bits per heavy atom. The fourth-order valence-electron chi connectivity index (χ4n) is 4.10. The fourth-order valence-corrected chi connectivity index (χ4v) is 4.10. The van der Waals surface area contributed by atoms with E-state index in [0.717, 1.165) is 25.7 Å². The van der Waals surface area contributed by atoms with Crippen LogP contribution in [0.2, 0.25) is 0 Å². The Kier molecular flexibility index (Phi) is 4.47. The first-order chi connectivity index (χ1) is 11.1.